The van der Waals surface area contributed by atoms with Gasteiger partial charge in [0.15, 0.2) is 5.78 Å². The third kappa shape index (κ3) is 4.03. The zero-order valence-electron chi connectivity index (χ0n) is 15.5. The quantitative estimate of drug-likeness (QED) is 0.692. The molecule has 1 aliphatic heterocycles. The highest BCUT2D eigenvalue weighted by molar-refractivity contribution is 6.00. The van der Waals surface area contributed by atoms with E-state index in [2.05, 4.69) is 4.98 Å². The third-order valence-corrected chi connectivity index (χ3v) is 4.71. The van der Waals surface area contributed by atoms with Gasteiger partial charge in [0.1, 0.15) is 30.0 Å². The van der Waals surface area contributed by atoms with Crippen molar-refractivity contribution in [2.75, 3.05) is 5.73 Å². The first-order valence-corrected chi connectivity index (χ1v) is 9.06. The Morgan fingerprint density at radius 3 is 2.66 bits per heavy atom. The van der Waals surface area contributed by atoms with Gasteiger partial charge in [-0.05, 0) is 47.5 Å². The predicted octanol–water partition coefficient (Wildman–Crippen LogP) is 3.05. The molecule has 2 heterocycles. The summed E-state index contributed by atoms with van der Waals surface area (Å²) in [6.45, 7) is 0.302. The third-order valence-electron chi connectivity index (χ3n) is 4.71. The second kappa shape index (κ2) is 7.63. The Hall–Kier alpha value is -3.87. The number of nitrogen functional groups attached to an aromatic ring is 1. The maximum atomic E-state index is 12.5. The van der Waals surface area contributed by atoms with Crippen LogP contribution in [-0.4, -0.2) is 16.7 Å². The van der Waals surface area contributed by atoms with E-state index in [-0.39, 0.29) is 12.2 Å². The molecule has 0 saturated carbocycles. The molecular weight excluding hydrogens is 370 g/mol. The smallest absolute Gasteiger partial charge is 0.248 e. The fraction of sp³-hybridized carbons (Fsp3) is 0.136. The maximum Gasteiger partial charge on any atom is 0.248 e. The molecule has 1 amide bonds. The number of anilines is 1. The van der Waals surface area contributed by atoms with Crippen molar-refractivity contribution in [3.8, 4) is 11.5 Å². The Morgan fingerprint density at radius 1 is 1.14 bits per heavy atom. The summed E-state index contributed by atoms with van der Waals surface area (Å²) in [5.41, 5.74) is 13.6. The van der Waals surface area contributed by atoms with E-state index in [0.717, 1.165) is 11.1 Å². The number of hydrogen-bond donors (Lipinski definition) is 2. The second-order valence-electron chi connectivity index (χ2n) is 6.76. The zero-order valence-corrected chi connectivity index (χ0v) is 15.5. The molecule has 0 aliphatic carbocycles. The monoisotopic (exact) mass is 389 g/mol. The first-order chi connectivity index (χ1) is 14.0. The van der Waals surface area contributed by atoms with Crippen molar-refractivity contribution in [2.24, 2.45) is 5.73 Å². The van der Waals surface area contributed by atoms with Crippen LogP contribution in [0.4, 0.5) is 5.82 Å². The average Bonchev–Trinajstić information content (AvgIpc) is 2.72. The zero-order chi connectivity index (χ0) is 20.4. The Bertz CT molecular complexity index is 1080. The maximum absolute atomic E-state index is 12.5. The summed E-state index contributed by atoms with van der Waals surface area (Å²) in [6.07, 6.45) is 1.41. The Morgan fingerprint density at radius 2 is 1.93 bits per heavy atom. The number of carbonyl (C=O) groups excluding carboxylic acids is 2. The fourth-order valence-corrected chi connectivity index (χ4v) is 3.18. The minimum Gasteiger partial charge on any atom is -0.489 e. The molecule has 2 aromatic carbocycles. The highest BCUT2D eigenvalue weighted by Gasteiger charge is 2.28. The molecule has 146 valence electrons. The standard InChI is InChI=1S/C22H19N3O4/c23-21-9-15(7-8-25-21)19-11-18(26)17-6-5-16(10-20(17)29-19)28-12-13-1-3-14(4-2-13)22(24)27/h1-10,19H,11-12H2,(H2,23,25)(H2,24,27). The molecule has 7 heteroatoms. The number of pyridine rings is 1. The van der Waals surface area contributed by atoms with Gasteiger partial charge in [-0.2, -0.15) is 0 Å². The molecule has 29 heavy (non-hydrogen) atoms. The molecule has 0 fully saturated rings. The fourth-order valence-electron chi connectivity index (χ4n) is 3.18. The van der Waals surface area contributed by atoms with E-state index in [1.165, 1.54) is 0 Å². The second-order valence-corrected chi connectivity index (χ2v) is 6.76. The Balaban J connectivity index is 1.50. The molecule has 1 aliphatic rings. The number of nitrogens with two attached hydrogens (primary N) is 2. The van der Waals surface area contributed by atoms with Gasteiger partial charge in [-0.25, -0.2) is 4.98 Å². The molecular formula is C22H19N3O4. The number of benzene rings is 2. The topological polar surface area (TPSA) is 118 Å². The van der Waals surface area contributed by atoms with Crippen molar-refractivity contribution in [3.63, 3.8) is 0 Å². The highest BCUT2D eigenvalue weighted by Crippen LogP contribution is 2.37. The van der Waals surface area contributed by atoms with Crippen molar-refractivity contribution >= 4 is 17.5 Å². The van der Waals surface area contributed by atoms with Gasteiger partial charge in [-0.3, -0.25) is 9.59 Å². The molecule has 4 rings (SSSR count). The number of Topliss-reactive ketones (excluding diaryl/α,β-unsaturated/α-hetero) is 1. The van der Waals surface area contributed by atoms with E-state index in [1.54, 1.807) is 60.8 Å². The van der Waals surface area contributed by atoms with Gasteiger partial charge in [0.2, 0.25) is 5.91 Å². The molecule has 1 unspecified atom stereocenters. The molecule has 0 spiro atoms. The van der Waals surface area contributed by atoms with Crippen LogP contribution in [0.3, 0.4) is 0 Å². The van der Waals surface area contributed by atoms with Crippen molar-refractivity contribution in [1.29, 1.82) is 0 Å². The summed E-state index contributed by atoms with van der Waals surface area (Å²) in [7, 11) is 0. The number of amides is 1. The van der Waals surface area contributed by atoms with E-state index in [4.69, 9.17) is 20.9 Å². The van der Waals surface area contributed by atoms with E-state index in [0.29, 0.717) is 35.1 Å². The van der Waals surface area contributed by atoms with E-state index >= 15 is 0 Å². The Labute approximate surface area is 167 Å². The summed E-state index contributed by atoms with van der Waals surface area (Å²) >= 11 is 0. The van der Waals surface area contributed by atoms with E-state index < -0.39 is 12.0 Å². The van der Waals surface area contributed by atoms with Crippen LogP contribution in [0.2, 0.25) is 0 Å². The van der Waals surface area contributed by atoms with Crippen LogP contribution in [0.25, 0.3) is 0 Å². The van der Waals surface area contributed by atoms with Gasteiger partial charge in [-0.1, -0.05) is 12.1 Å². The lowest BCUT2D eigenvalue weighted by Crippen LogP contribution is -2.20. The van der Waals surface area contributed by atoms with E-state index in [1.807, 2.05) is 0 Å². The molecule has 0 bridgehead atoms. The van der Waals surface area contributed by atoms with Crippen LogP contribution in [0.1, 0.15) is 44.4 Å². The van der Waals surface area contributed by atoms with Crippen molar-refractivity contribution in [1.82, 2.24) is 4.98 Å². The van der Waals surface area contributed by atoms with Crippen LogP contribution >= 0.6 is 0 Å². The Kier molecular flexibility index (Phi) is 4.87. The van der Waals surface area contributed by atoms with Crippen molar-refractivity contribution < 1.29 is 19.1 Å². The number of nitrogens with zero attached hydrogens (tertiary/aromatic N) is 1. The van der Waals surface area contributed by atoms with Crippen LogP contribution in [0.5, 0.6) is 11.5 Å². The molecule has 7 nitrogen and oxygen atoms in total. The summed E-state index contributed by atoms with van der Waals surface area (Å²) < 4.78 is 11.9. The summed E-state index contributed by atoms with van der Waals surface area (Å²) in [6, 6.07) is 15.5. The number of rotatable bonds is 5. The molecule has 0 radical (unpaired) electrons. The lowest BCUT2D eigenvalue weighted by Gasteiger charge is -2.26. The number of ether oxygens (including phenoxy) is 2. The molecule has 1 aromatic heterocycles. The molecule has 4 N–H and O–H groups in total. The van der Waals surface area contributed by atoms with Crippen LogP contribution in [-0.2, 0) is 6.61 Å². The van der Waals surface area contributed by atoms with Gasteiger partial charge >= 0.3 is 0 Å². The number of fused-ring (bicyclic) bond motifs is 1. The van der Waals surface area contributed by atoms with Gasteiger partial charge in [0.05, 0.1) is 12.0 Å². The van der Waals surface area contributed by atoms with Gasteiger partial charge in [0.25, 0.3) is 0 Å². The van der Waals surface area contributed by atoms with Gasteiger partial charge < -0.3 is 20.9 Å². The van der Waals surface area contributed by atoms with Crippen LogP contribution in [0.15, 0.2) is 60.8 Å². The molecule has 0 saturated heterocycles. The summed E-state index contributed by atoms with van der Waals surface area (Å²) in [5, 5.41) is 0. The highest BCUT2D eigenvalue weighted by atomic mass is 16.5. The van der Waals surface area contributed by atoms with E-state index in [9.17, 15) is 9.59 Å². The van der Waals surface area contributed by atoms with Crippen molar-refractivity contribution in [3.05, 3.63) is 83.0 Å². The number of hydrogen-bond acceptors (Lipinski definition) is 6. The first-order valence-electron chi connectivity index (χ1n) is 9.06. The van der Waals surface area contributed by atoms with Crippen LogP contribution in [0, 0.1) is 0 Å². The number of aromatic nitrogens is 1. The molecule has 3 aromatic rings. The predicted molar refractivity (Wildman–Crippen MR) is 107 cm³/mol. The van der Waals surface area contributed by atoms with Crippen molar-refractivity contribution in [2.45, 2.75) is 19.1 Å². The van der Waals surface area contributed by atoms with Gasteiger partial charge in [-0.15, -0.1) is 0 Å². The SMILES string of the molecule is NC(=O)c1ccc(COc2ccc3c(c2)OC(c2ccnc(N)c2)CC3=O)cc1. The van der Waals surface area contributed by atoms with Gasteiger partial charge in [0, 0.05) is 17.8 Å². The molecule has 1 atom stereocenters. The average molecular weight is 389 g/mol. The normalized spacial score (nSPS) is 15.3. The lowest BCUT2D eigenvalue weighted by atomic mass is 9.96. The number of carbonyl (C=O) groups is 2. The lowest BCUT2D eigenvalue weighted by molar-refractivity contribution is 0.0848. The first kappa shape index (κ1) is 18.5. The number of ketones is 1. The number of primary amides is 1. The minimum absolute atomic E-state index is 0.000208. The summed E-state index contributed by atoms with van der Waals surface area (Å²) in [5.74, 6) is 0.956. The minimum atomic E-state index is -0.473. The van der Waals surface area contributed by atoms with Crippen LogP contribution < -0.4 is 20.9 Å². The summed E-state index contributed by atoms with van der Waals surface area (Å²) in [4.78, 5) is 27.6. The largest absolute Gasteiger partial charge is 0.489 e.